The van der Waals surface area contributed by atoms with Crippen molar-refractivity contribution in [2.24, 2.45) is 0 Å². The van der Waals surface area contributed by atoms with Crippen molar-refractivity contribution in [2.45, 2.75) is 39.0 Å². The van der Waals surface area contributed by atoms with Gasteiger partial charge in [-0.2, -0.15) is 5.10 Å². The normalized spacial score (nSPS) is 17.2. The molecule has 0 saturated heterocycles. The molecule has 0 aliphatic carbocycles. The van der Waals surface area contributed by atoms with Crippen molar-refractivity contribution in [1.82, 2.24) is 19.2 Å². The zero-order chi connectivity index (χ0) is 16.1. The van der Waals surface area contributed by atoms with Crippen LogP contribution in [0.15, 0.2) is 43.0 Å². The van der Waals surface area contributed by atoms with Crippen molar-refractivity contribution in [3.8, 4) is 0 Å². The summed E-state index contributed by atoms with van der Waals surface area (Å²) in [5.41, 5.74) is 2.57. The Labute approximate surface area is 137 Å². The van der Waals surface area contributed by atoms with E-state index in [-0.39, 0.29) is 6.10 Å². The van der Waals surface area contributed by atoms with Gasteiger partial charge in [-0.1, -0.05) is 13.0 Å². The van der Waals surface area contributed by atoms with Crippen molar-refractivity contribution < 1.29 is 5.11 Å². The monoisotopic (exact) mass is 314 g/mol. The van der Waals surface area contributed by atoms with Crippen LogP contribution < -0.4 is 0 Å². The molecule has 0 unspecified atom stereocenters. The van der Waals surface area contributed by atoms with Crippen LogP contribution in [0.3, 0.4) is 0 Å². The first kappa shape index (κ1) is 16.0. The molecule has 0 bridgehead atoms. The SMILES string of the molecule is CC[C@@H](O)Cn1cc(C2=CCN(CCn3cccc3)CC2)cn1. The lowest BCUT2D eigenvalue weighted by molar-refractivity contribution is 0.145. The molecule has 0 saturated carbocycles. The van der Waals surface area contributed by atoms with Crippen molar-refractivity contribution in [3.05, 3.63) is 48.6 Å². The quantitative estimate of drug-likeness (QED) is 0.852. The van der Waals surface area contributed by atoms with E-state index < -0.39 is 0 Å². The van der Waals surface area contributed by atoms with Gasteiger partial charge in [0.2, 0.25) is 0 Å². The Kier molecular flexibility index (Phi) is 5.31. The molecule has 2 aromatic heterocycles. The summed E-state index contributed by atoms with van der Waals surface area (Å²) >= 11 is 0. The smallest absolute Gasteiger partial charge is 0.0733 e. The van der Waals surface area contributed by atoms with Crippen LogP contribution in [0.4, 0.5) is 0 Å². The van der Waals surface area contributed by atoms with Gasteiger partial charge in [-0.3, -0.25) is 9.58 Å². The van der Waals surface area contributed by atoms with Gasteiger partial charge in [-0.05, 0) is 30.5 Å². The molecule has 2 aromatic rings. The van der Waals surface area contributed by atoms with Crippen molar-refractivity contribution in [1.29, 1.82) is 0 Å². The summed E-state index contributed by atoms with van der Waals surface area (Å²) in [6.45, 7) is 6.78. The van der Waals surface area contributed by atoms with Gasteiger partial charge in [-0.15, -0.1) is 0 Å². The first-order valence-corrected chi connectivity index (χ1v) is 8.47. The molecule has 1 aliphatic rings. The molecular formula is C18H26N4O. The van der Waals surface area contributed by atoms with Gasteiger partial charge in [0.05, 0.1) is 18.8 Å². The number of rotatable bonds is 7. The van der Waals surface area contributed by atoms with Gasteiger partial charge in [0, 0.05) is 50.3 Å². The zero-order valence-corrected chi connectivity index (χ0v) is 13.8. The highest BCUT2D eigenvalue weighted by molar-refractivity contribution is 5.65. The van der Waals surface area contributed by atoms with E-state index in [1.54, 1.807) is 0 Å². The summed E-state index contributed by atoms with van der Waals surface area (Å²) in [6.07, 6.45) is 12.0. The van der Waals surface area contributed by atoms with Crippen molar-refractivity contribution in [2.75, 3.05) is 19.6 Å². The molecule has 3 heterocycles. The minimum atomic E-state index is -0.313. The maximum absolute atomic E-state index is 9.72. The first-order chi connectivity index (χ1) is 11.2. The highest BCUT2D eigenvalue weighted by Crippen LogP contribution is 2.22. The molecular weight excluding hydrogens is 288 g/mol. The summed E-state index contributed by atoms with van der Waals surface area (Å²) in [5.74, 6) is 0. The lowest BCUT2D eigenvalue weighted by atomic mass is 10.0. The van der Waals surface area contributed by atoms with Gasteiger partial charge in [-0.25, -0.2) is 0 Å². The number of aliphatic hydroxyl groups is 1. The third-order valence-corrected chi connectivity index (χ3v) is 4.51. The second-order valence-electron chi connectivity index (χ2n) is 6.21. The molecule has 23 heavy (non-hydrogen) atoms. The van der Waals surface area contributed by atoms with E-state index in [1.807, 2.05) is 17.8 Å². The van der Waals surface area contributed by atoms with E-state index >= 15 is 0 Å². The standard InChI is InChI=1S/C18H26N4O/c1-2-18(23)15-22-14-17(13-19-22)16-5-9-21(10-6-16)12-11-20-7-3-4-8-20/h3-5,7-8,13-14,18,23H,2,6,9-12,15H2,1H3/t18-/m1/s1. The Balaban J connectivity index is 1.52. The van der Waals surface area contributed by atoms with Crippen LogP contribution in [0.2, 0.25) is 0 Å². The average molecular weight is 314 g/mol. The topological polar surface area (TPSA) is 46.2 Å². The Morgan fingerprint density at radius 2 is 2.09 bits per heavy atom. The molecule has 124 valence electrons. The number of hydrogen-bond acceptors (Lipinski definition) is 3. The second-order valence-corrected chi connectivity index (χ2v) is 6.21. The molecule has 1 atom stereocenters. The fraction of sp³-hybridized carbons (Fsp3) is 0.500. The predicted octanol–water partition coefficient (Wildman–Crippen LogP) is 2.24. The maximum Gasteiger partial charge on any atom is 0.0733 e. The fourth-order valence-corrected chi connectivity index (χ4v) is 2.93. The maximum atomic E-state index is 9.72. The number of nitrogens with zero attached hydrogens (tertiary/aromatic N) is 4. The summed E-state index contributed by atoms with van der Waals surface area (Å²) < 4.78 is 4.07. The van der Waals surface area contributed by atoms with Gasteiger partial charge in [0.25, 0.3) is 0 Å². The lowest BCUT2D eigenvalue weighted by Gasteiger charge is -2.26. The van der Waals surface area contributed by atoms with Crippen LogP contribution in [0, 0.1) is 0 Å². The zero-order valence-electron chi connectivity index (χ0n) is 13.8. The van der Waals surface area contributed by atoms with Crippen LogP contribution >= 0.6 is 0 Å². The van der Waals surface area contributed by atoms with E-state index in [4.69, 9.17) is 0 Å². The molecule has 0 aromatic carbocycles. The highest BCUT2D eigenvalue weighted by atomic mass is 16.3. The molecule has 0 fully saturated rings. The molecule has 0 radical (unpaired) electrons. The molecule has 5 nitrogen and oxygen atoms in total. The minimum Gasteiger partial charge on any atom is -0.391 e. The Morgan fingerprint density at radius 3 is 2.78 bits per heavy atom. The summed E-state index contributed by atoms with van der Waals surface area (Å²) in [5, 5.41) is 14.1. The summed E-state index contributed by atoms with van der Waals surface area (Å²) in [4.78, 5) is 2.48. The van der Waals surface area contributed by atoms with Gasteiger partial charge in [0.15, 0.2) is 0 Å². The van der Waals surface area contributed by atoms with Crippen LogP contribution in [-0.4, -0.2) is 50.1 Å². The van der Waals surface area contributed by atoms with Gasteiger partial charge in [0.1, 0.15) is 0 Å². The van der Waals surface area contributed by atoms with Crippen LogP contribution in [0.25, 0.3) is 5.57 Å². The minimum absolute atomic E-state index is 0.313. The van der Waals surface area contributed by atoms with Crippen LogP contribution in [0.5, 0.6) is 0 Å². The van der Waals surface area contributed by atoms with Crippen LogP contribution in [-0.2, 0) is 13.1 Å². The number of aromatic nitrogens is 3. The molecule has 3 rings (SSSR count). The largest absolute Gasteiger partial charge is 0.391 e. The predicted molar refractivity (Wildman–Crippen MR) is 92.0 cm³/mol. The molecule has 0 amide bonds. The van der Waals surface area contributed by atoms with Gasteiger partial charge < -0.3 is 9.67 Å². The summed E-state index contributed by atoms with van der Waals surface area (Å²) in [7, 11) is 0. The van der Waals surface area contributed by atoms with E-state index in [1.165, 1.54) is 11.1 Å². The number of hydrogen-bond donors (Lipinski definition) is 1. The molecule has 1 aliphatic heterocycles. The van der Waals surface area contributed by atoms with Crippen LogP contribution in [0.1, 0.15) is 25.3 Å². The highest BCUT2D eigenvalue weighted by Gasteiger charge is 2.14. The molecule has 1 N–H and O–H groups in total. The van der Waals surface area contributed by atoms with E-state index in [2.05, 4.69) is 51.4 Å². The average Bonchev–Trinajstić information content (AvgIpc) is 3.25. The van der Waals surface area contributed by atoms with E-state index in [9.17, 15) is 5.11 Å². The number of aliphatic hydroxyl groups excluding tert-OH is 1. The fourth-order valence-electron chi connectivity index (χ4n) is 2.93. The second kappa shape index (κ2) is 7.62. The third kappa shape index (κ3) is 4.33. The Bertz CT molecular complexity index is 629. The van der Waals surface area contributed by atoms with Crippen molar-refractivity contribution >= 4 is 5.57 Å². The first-order valence-electron chi connectivity index (χ1n) is 8.47. The molecule has 5 heteroatoms. The van der Waals surface area contributed by atoms with E-state index in [0.29, 0.717) is 6.54 Å². The lowest BCUT2D eigenvalue weighted by Crippen LogP contribution is -2.31. The van der Waals surface area contributed by atoms with Crippen molar-refractivity contribution in [3.63, 3.8) is 0 Å². The van der Waals surface area contributed by atoms with Gasteiger partial charge >= 0.3 is 0 Å². The molecule has 0 spiro atoms. The Morgan fingerprint density at radius 1 is 1.26 bits per heavy atom. The summed E-state index contributed by atoms with van der Waals surface area (Å²) in [6, 6.07) is 4.14. The Hall–Kier alpha value is -1.85. The van der Waals surface area contributed by atoms with E-state index in [0.717, 1.165) is 39.0 Å². The third-order valence-electron chi connectivity index (χ3n) is 4.51.